The second kappa shape index (κ2) is 6.70. The Hall–Kier alpha value is -0.730. The van der Waals surface area contributed by atoms with Crippen LogP contribution in [0.25, 0.3) is 0 Å². The highest BCUT2D eigenvalue weighted by atomic mass is 35.5. The summed E-state index contributed by atoms with van der Waals surface area (Å²) in [6, 6.07) is 8.87. The monoisotopic (exact) mass is 246 g/mol. The van der Waals surface area contributed by atoms with E-state index in [9.17, 15) is 4.79 Å². The molecule has 0 aliphatic rings. The number of carbonyl (C=O) groups is 1. The van der Waals surface area contributed by atoms with Crippen LogP contribution in [0, 0.1) is 0 Å². The summed E-state index contributed by atoms with van der Waals surface area (Å²) in [6.07, 6.45) is 1.31. The van der Waals surface area contributed by atoms with Gasteiger partial charge in [0, 0.05) is 0 Å². The third kappa shape index (κ3) is 5.05. The number of benzene rings is 1. The smallest absolute Gasteiger partial charge is 0.338 e. The molecule has 15 heavy (non-hydrogen) atoms. The quantitative estimate of drug-likeness (QED) is 0.452. The summed E-state index contributed by atoms with van der Waals surface area (Å²) in [5.74, 6) is -0.309. The number of hydrogen-bond acceptors (Lipinski definition) is 2. The molecule has 0 saturated carbocycles. The summed E-state index contributed by atoms with van der Waals surface area (Å²) in [6.45, 7) is 0.351. The van der Waals surface area contributed by atoms with Gasteiger partial charge in [0.25, 0.3) is 0 Å². The Kier molecular flexibility index (Phi) is 5.51. The van der Waals surface area contributed by atoms with E-state index >= 15 is 0 Å². The lowest BCUT2D eigenvalue weighted by molar-refractivity contribution is 0.0499. The van der Waals surface area contributed by atoms with Crippen molar-refractivity contribution in [3.63, 3.8) is 0 Å². The lowest BCUT2D eigenvalue weighted by Gasteiger charge is -2.04. The summed E-state index contributed by atoms with van der Waals surface area (Å²) in [7, 11) is 0. The van der Waals surface area contributed by atoms with Crippen LogP contribution in [-0.2, 0) is 4.74 Å². The van der Waals surface area contributed by atoms with Gasteiger partial charge in [0.15, 0.2) is 0 Å². The summed E-state index contributed by atoms with van der Waals surface area (Å²) in [4.78, 5) is 11.0. The molecule has 0 bridgehead atoms. The van der Waals surface area contributed by atoms with Crippen LogP contribution in [0.2, 0.25) is 0 Å². The SMILES string of the molecule is O=C(OCCCC(Cl)Cl)c1ccccc1. The standard InChI is InChI=1S/C11H12Cl2O2/c12-10(13)7-4-8-15-11(14)9-5-2-1-3-6-9/h1-3,5-6,10H,4,7-8H2. The predicted octanol–water partition coefficient (Wildman–Crippen LogP) is 3.43. The van der Waals surface area contributed by atoms with E-state index in [1.807, 2.05) is 6.07 Å². The molecule has 0 aliphatic heterocycles. The Morgan fingerprint density at radius 1 is 1.27 bits per heavy atom. The first kappa shape index (κ1) is 12.3. The summed E-state index contributed by atoms with van der Waals surface area (Å²) >= 11 is 11.1. The first-order valence-electron chi connectivity index (χ1n) is 4.70. The molecule has 1 aromatic carbocycles. The molecule has 0 amide bonds. The number of carbonyl (C=O) groups excluding carboxylic acids is 1. The number of alkyl halides is 2. The third-order valence-corrected chi connectivity index (χ3v) is 2.25. The highest BCUT2D eigenvalue weighted by Crippen LogP contribution is 2.10. The van der Waals surface area contributed by atoms with Gasteiger partial charge in [-0.3, -0.25) is 0 Å². The highest BCUT2D eigenvalue weighted by molar-refractivity contribution is 6.44. The van der Waals surface area contributed by atoms with Gasteiger partial charge in [-0.15, -0.1) is 23.2 Å². The van der Waals surface area contributed by atoms with Gasteiger partial charge in [0.1, 0.15) is 4.84 Å². The fourth-order valence-electron chi connectivity index (χ4n) is 1.06. The van der Waals surface area contributed by atoms with Gasteiger partial charge in [-0.1, -0.05) is 18.2 Å². The normalized spacial score (nSPS) is 10.3. The maximum Gasteiger partial charge on any atom is 0.338 e. The number of ether oxygens (including phenoxy) is 1. The second-order valence-electron chi connectivity index (χ2n) is 3.04. The van der Waals surface area contributed by atoms with E-state index in [1.54, 1.807) is 24.3 Å². The molecule has 2 nitrogen and oxygen atoms in total. The molecule has 0 radical (unpaired) electrons. The van der Waals surface area contributed by atoms with Crippen LogP contribution in [0.4, 0.5) is 0 Å². The molecule has 0 aromatic heterocycles. The van der Waals surface area contributed by atoms with Gasteiger partial charge in [-0.05, 0) is 25.0 Å². The molecule has 0 unspecified atom stereocenters. The van der Waals surface area contributed by atoms with Gasteiger partial charge >= 0.3 is 5.97 Å². The Bertz CT molecular complexity index is 299. The molecule has 1 aromatic rings. The fraction of sp³-hybridized carbons (Fsp3) is 0.364. The molecular formula is C11H12Cl2O2. The highest BCUT2D eigenvalue weighted by Gasteiger charge is 2.05. The van der Waals surface area contributed by atoms with Crippen LogP contribution in [0.1, 0.15) is 23.2 Å². The zero-order valence-corrected chi connectivity index (χ0v) is 9.67. The lowest BCUT2D eigenvalue weighted by Crippen LogP contribution is -2.06. The molecule has 0 aliphatic carbocycles. The number of rotatable bonds is 5. The minimum atomic E-state index is -0.388. The van der Waals surface area contributed by atoms with Crippen LogP contribution in [0.3, 0.4) is 0 Å². The molecule has 0 atom stereocenters. The molecule has 1 rings (SSSR count). The van der Waals surface area contributed by atoms with Crippen LogP contribution in [-0.4, -0.2) is 17.4 Å². The molecule has 0 N–H and O–H groups in total. The van der Waals surface area contributed by atoms with E-state index < -0.39 is 0 Å². The van der Waals surface area contributed by atoms with Crippen LogP contribution in [0.5, 0.6) is 0 Å². The topological polar surface area (TPSA) is 26.3 Å². The minimum absolute atomic E-state index is 0.309. The average molecular weight is 247 g/mol. The van der Waals surface area contributed by atoms with E-state index in [4.69, 9.17) is 27.9 Å². The van der Waals surface area contributed by atoms with Crippen molar-refractivity contribution in [2.75, 3.05) is 6.61 Å². The van der Waals surface area contributed by atoms with Crippen molar-refractivity contribution >= 4 is 29.2 Å². The Morgan fingerprint density at radius 3 is 2.53 bits per heavy atom. The predicted molar refractivity (Wildman–Crippen MR) is 61.5 cm³/mol. The minimum Gasteiger partial charge on any atom is -0.462 e. The van der Waals surface area contributed by atoms with Crippen molar-refractivity contribution in [3.05, 3.63) is 35.9 Å². The molecule has 0 heterocycles. The van der Waals surface area contributed by atoms with Crippen molar-refractivity contribution in [1.29, 1.82) is 0 Å². The summed E-state index contributed by atoms with van der Waals surface area (Å²) in [5, 5.41) is 0. The van der Waals surface area contributed by atoms with E-state index in [0.717, 1.165) is 0 Å². The number of halogens is 2. The van der Waals surface area contributed by atoms with Gasteiger partial charge in [0.05, 0.1) is 12.2 Å². The van der Waals surface area contributed by atoms with E-state index in [2.05, 4.69) is 0 Å². The lowest BCUT2D eigenvalue weighted by atomic mass is 10.2. The Morgan fingerprint density at radius 2 is 1.93 bits per heavy atom. The van der Waals surface area contributed by atoms with E-state index in [1.165, 1.54) is 0 Å². The van der Waals surface area contributed by atoms with Crippen LogP contribution < -0.4 is 0 Å². The molecular weight excluding hydrogens is 235 g/mol. The van der Waals surface area contributed by atoms with Gasteiger partial charge in [-0.2, -0.15) is 0 Å². The maximum atomic E-state index is 11.4. The van der Waals surface area contributed by atoms with Gasteiger partial charge in [-0.25, -0.2) is 4.79 Å². The van der Waals surface area contributed by atoms with Crippen molar-refractivity contribution in [2.45, 2.75) is 17.7 Å². The van der Waals surface area contributed by atoms with E-state index in [0.29, 0.717) is 25.0 Å². The van der Waals surface area contributed by atoms with Crippen molar-refractivity contribution in [2.24, 2.45) is 0 Å². The van der Waals surface area contributed by atoms with Crippen molar-refractivity contribution in [1.82, 2.24) is 0 Å². The zero-order chi connectivity index (χ0) is 11.1. The number of hydrogen-bond donors (Lipinski definition) is 0. The van der Waals surface area contributed by atoms with Crippen LogP contribution >= 0.6 is 23.2 Å². The molecule has 0 fully saturated rings. The Labute approximate surface area is 99.1 Å². The fourth-order valence-corrected chi connectivity index (χ4v) is 1.37. The molecule has 4 heteroatoms. The maximum absolute atomic E-state index is 11.4. The first-order chi connectivity index (χ1) is 7.20. The van der Waals surface area contributed by atoms with Crippen molar-refractivity contribution in [3.8, 4) is 0 Å². The third-order valence-electron chi connectivity index (χ3n) is 1.81. The van der Waals surface area contributed by atoms with Gasteiger partial charge < -0.3 is 4.74 Å². The Balaban J connectivity index is 2.25. The van der Waals surface area contributed by atoms with Gasteiger partial charge in [0.2, 0.25) is 0 Å². The molecule has 0 spiro atoms. The summed E-state index contributed by atoms with van der Waals surface area (Å²) < 4.78 is 5.02. The van der Waals surface area contributed by atoms with Crippen LogP contribution in [0.15, 0.2) is 30.3 Å². The summed E-state index contributed by atoms with van der Waals surface area (Å²) in [5.41, 5.74) is 0.561. The first-order valence-corrected chi connectivity index (χ1v) is 5.58. The second-order valence-corrected chi connectivity index (χ2v) is 4.31. The molecule has 82 valence electrons. The largest absolute Gasteiger partial charge is 0.462 e. The average Bonchev–Trinajstić information content (AvgIpc) is 2.25. The number of esters is 1. The van der Waals surface area contributed by atoms with E-state index in [-0.39, 0.29) is 10.8 Å². The zero-order valence-electron chi connectivity index (χ0n) is 8.16. The van der Waals surface area contributed by atoms with Crippen molar-refractivity contribution < 1.29 is 9.53 Å². The molecule has 0 saturated heterocycles.